The van der Waals surface area contributed by atoms with Crippen LogP contribution < -0.4 is 0 Å². The lowest BCUT2D eigenvalue weighted by molar-refractivity contribution is 0.0857. The van der Waals surface area contributed by atoms with E-state index in [4.69, 9.17) is 32.7 Å². The Kier molecular flexibility index (Phi) is 3.84. The highest BCUT2D eigenvalue weighted by Crippen LogP contribution is 2.26. The van der Waals surface area contributed by atoms with Gasteiger partial charge in [-0.25, -0.2) is 0 Å². The molecule has 1 rings (SSSR count). The van der Waals surface area contributed by atoms with E-state index >= 15 is 0 Å². The number of rotatable bonds is 2. The summed E-state index contributed by atoms with van der Waals surface area (Å²) in [5.74, 6) is 0. The maximum absolute atomic E-state index is 6.02. The molecule has 12 heavy (non-hydrogen) atoms. The first-order valence-electron chi connectivity index (χ1n) is 3.72. The summed E-state index contributed by atoms with van der Waals surface area (Å²) in [6, 6.07) is 0. The molecule has 1 aliphatic rings. The van der Waals surface area contributed by atoms with Crippen molar-refractivity contribution in [1.29, 1.82) is 0 Å². The third-order valence-electron chi connectivity index (χ3n) is 1.97. The summed E-state index contributed by atoms with van der Waals surface area (Å²) in [5, 5.41) is -0.460. The Balaban J connectivity index is 2.68. The van der Waals surface area contributed by atoms with Gasteiger partial charge in [-0.1, -0.05) is 12.2 Å². The Bertz CT molecular complexity index is 154. The van der Waals surface area contributed by atoms with Crippen molar-refractivity contribution >= 4 is 23.2 Å². The van der Waals surface area contributed by atoms with Gasteiger partial charge in [0.05, 0.1) is 23.0 Å². The monoisotopic (exact) mass is 210 g/mol. The smallest absolute Gasteiger partial charge is 0.0932 e. The maximum Gasteiger partial charge on any atom is 0.0932 e. The van der Waals surface area contributed by atoms with Gasteiger partial charge in [-0.15, -0.1) is 23.2 Å². The van der Waals surface area contributed by atoms with Crippen molar-refractivity contribution in [3.8, 4) is 0 Å². The third kappa shape index (κ3) is 1.94. The molecule has 0 heterocycles. The Hall–Kier alpha value is 0.240. The second kappa shape index (κ2) is 4.47. The first-order valence-corrected chi connectivity index (χ1v) is 4.60. The molecule has 0 aromatic carbocycles. The standard InChI is InChI=1S/C8H12Cl2O2/c1-11-5-3-4-6(12-2)8(10)7(5)9/h3-8H,1-2H3/t5-,6+,7+,8-. The van der Waals surface area contributed by atoms with Crippen molar-refractivity contribution in [3.05, 3.63) is 12.2 Å². The van der Waals surface area contributed by atoms with Gasteiger partial charge in [0, 0.05) is 14.2 Å². The van der Waals surface area contributed by atoms with Crippen LogP contribution in [0.5, 0.6) is 0 Å². The number of hydrogen-bond acceptors (Lipinski definition) is 2. The van der Waals surface area contributed by atoms with Crippen LogP contribution in [0.1, 0.15) is 0 Å². The minimum Gasteiger partial charge on any atom is -0.376 e. The Morgan fingerprint density at radius 2 is 1.25 bits per heavy atom. The molecule has 0 bridgehead atoms. The van der Waals surface area contributed by atoms with Crippen LogP contribution in [0.4, 0.5) is 0 Å². The van der Waals surface area contributed by atoms with Gasteiger partial charge in [0.2, 0.25) is 0 Å². The van der Waals surface area contributed by atoms with Crippen LogP contribution in [0.2, 0.25) is 0 Å². The summed E-state index contributed by atoms with van der Waals surface area (Å²) < 4.78 is 10.2. The zero-order valence-electron chi connectivity index (χ0n) is 7.04. The Labute approximate surface area is 82.4 Å². The third-order valence-corrected chi connectivity index (χ3v) is 3.14. The molecular weight excluding hydrogens is 199 g/mol. The van der Waals surface area contributed by atoms with Gasteiger partial charge >= 0.3 is 0 Å². The lowest BCUT2D eigenvalue weighted by atomic mass is 10.0. The van der Waals surface area contributed by atoms with E-state index in [2.05, 4.69) is 0 Å². The van der Waals surface area contributed by atoms with Crippen LogP contribution in [0.15, 0.2) is 12.2 Å². The largest absolute Gasteiger partial charge is 0.376 e. The number of alkyl halides is 2. The van der Waals surface area contributed by atoms with E-state index in [0.29, 0.717) is 0 Å². The fraction of sp³-hybridized carbons (Fsp3) is 0.750. The van der Waals surface area contributed by atoms with Gasteiger partial charge in [0.1, 0.15) is 0 Å². The number of hydrogen-bond donors (Lipinski definition) is 0. The van der Waals surface area contributed by atoms with Gasteiger partial charge in [0.15, 0.2) is 0 Å². The van der Waals surface area contributed by atoms with E-state index in [1.807, 2.05) is 12.2 Å². The normalized spacial score (nSPS) is 41.7. The van der Waals surface area contributed by atoms with Crippen molar-refractivity contribution in [2.45, 2.75) is 23.0 Å². The van der Waals surface area contributed by atoms with Crippen molar-refractivity contribution in [2.24, 2.45) is 0 Å². The molecule has 1 aliphatic carbocycles. The molecule has 0 radical (unpaired) electrons. The summed E-state index contributed by atoms with van der Waals surface area (Å²) in [6.07, 6.45) is 3.54. The van der Waals surface area contributed by atoms with Crippen LogP contribution in [-0.4, -0.2) is 37.2 Å². The molecule has 0 aromatic rings. The molecule has 0 saturated heterocycles. The quantitative estimate of drug-likeness (QED) is 0.512. The van der Waals surface area contributed by atoms with E-state index in [1.54, 1.807) is 14.2 Å². The number of ether oxygens (including phenoxy) is 2. The van der Waals surface area contributed by atoms with Crippen molar-refractivity contribution in [3.63, 3.8) is 0 Å². The van der Waals surface area contributed by atoms with Gasteiger partial charge in [-0.2, -0.15) is 0 Å². The maximum atomic E-state index is 6.02. The first kappa shape index (κ1) is 10.3. The van der Waals surface area contributed by atoms with Gasteiger partial charge in [-0.3, -0.25) is 0 Å². The molecule has 0 amide bonds. The zero-order valence-corrected chi connectivity index (χ0v) is 8.55. The Morgan fingerprint density at radius 3 is 1.50 bits per heavy atom. The lowest BCUT2D eigenvalue weighted by Gasteiger charge is -2.30. The van der Waals surface area contributed by atoms with Gasteiger partial charge in [0.25, 0.3) is 0 Å². The fourth-order valence-corrected chi connectivity index (χ4v) is 1.87. The summed E-state index contributed by atoms with van der Waals surface area (Å²) in [5.41, 5.74) is 0. The van der Waals surface area contributed by atoms with E-state index in [1.165, 1.54) is 0 Å². The Morgan fingerprint density at radius 1 is 0.917 bits per heavy atom. The summed E-state index contributed by atoms with van der Waals surface area (Å²) in [7, 11) is 3.22. The minimum absolute atomic E-state index is 0.111. The van der Waals surface area contributed by atoms with Crippen molar-refractivity contribution in [1.82, 2.24) is 0 Å². The number of halogens is 2. The van der Waals surface area contributed by atoms with Gasteiger partial charge in [-0.05, 0) is 0 Å². The summed E-state index contributed by atoms with van der Waals surface area (Å²) in [4.78, 5) is 0. The minimum atomic E-state index is -0.230. The highest BCUT2D eigenvalue weighted by molar-refractivity contribution is 6.31. The topological polar surface area (TPSA) is 18.5 Å². The molecule has 0 fully saturated rings. The average molecular weight is 211 g/mol. The van der Waals surface area contributed by atoms with E-state index in [9.17, 15) is 0 Å². The molecule has 70 valence electrons. The predicted octanol–water partition coefficient (Wildman–Crippen LogP) is 1.80. The second-order valence-electron chi connectivity index (χ2n) is 2.67. The van der Waals surface area contributed by atoms with E-state index in [-0.39, 0.29) is 23.0 Å². The summed E-state index contributed by atoms with van der Waals surface area (Å²) in [6.45, 7) is 0. The van der Waals surface area contributed by atoms with Crippen LogP contribution >= 0.6 is 23.2 Å². The molecule has 0 aromatic heterocycles. The predicted molar refractivity (Wildman–Crippen MR) is 50.0 cm³/mol. The SMILES string of the molecule is CO[C@H]1C=C[C@@H](OC)[C@H](Cl)[C@@H]1Cl. The first-order chi connectivity index (χ1) is 5.70. The lowest BCUT2D eigenvalue weighted by Crippen LogP contribution is -2.41. The molecule has 0 spiro atoms. The van der Waals surface area contributed by atoms with Crippen LogP contribution in [0, 0.1) is 0 Å². The van der Waals surface area contributed by atoms with Crippen LogP contribution in [0.25, 0.3) is 0 Å². The molecule has 0 unspecified atom stereocenters. The van der Waals surface area contributed by atoms with Crippen molar-refractivity contribution in [2.75, 3.05) is 14.2 Å². The summed E-state index contributed by atoms with van der Waals surface area (Å²) >= 11 is 12.0. The molecule has 0 N–H and O–H groups in total. The van der Waals surface area contributed by atoms with Gasteiger partial charge < -0.3 is 9.47 Å². The molecule has 4 heteroatoms. The molecule has 4 atom stereocenters. The van der Waals surface area contributed by atoms with Crippen LogP contribution in [-0.2, 0) is 9.47 Å². The molecule has 0 aliphatic heterocycles. The fourth-order valence-electron chi connectivity index (χ4n) is 1.21. The zero-order chi connectivity index (χ0) is 9.14. The molecular formula is C8H12Cl2O2. The molecule has 2 nitrogen and oxygen atoms in total. The highest BCUT2D eigenvalue weighted by Gasteiger charge is 2.33. The molecule has 0 saturated carbocycles. The van der Waals surface area contributed by atoms with Crippen LogP contribution in [0.3, 0.4) is 0 Å². The number of methoxy groups -OCH3 is 2. The second-order valence-corrected chi connectivity index (χ2v) is 3.68. The average Bonchev–Trinajstić information content (AvgIpc) is 2.10. The van der Waals surface area contributed by atoms with Crippen molar-refractivity contribution < 1.29 is 9.47 Å². The highest BCUT2D eigenvalue weighted by atomic mass is 35.5. The van der Waals surface area contributed by atoms with E-state index in [0.717, 1.165) is 0 Å². The van der Waals surface area contributed by atoms with E-state index < -0.39 is 0 Å².